The smallest absolute Gasteiger partial charge is 0.320 e. The molecule has 2 aromatic carbocycles. The Morgan fingerprint density at radius 1 is 0.857 bits per heavy atom. The van der Waals surface area contributed by atoms with E-state index in [4.69, 9.17) is 0 Å². The number of hydrogen-bond donors (Lipinski definition) is 0. The highest BCUT2D eigenvalue weighted by Crippen LogP contribution is 2.33. The second-order valence-electron chi connectivity index (χ2n) is 5.92. The normalized spacial score (nSPS) is 12.7. The number of carbonyl (C=O) groups is 3. The Hall–Kier alpha value is -3.55. The van der Waals surface area contributed by atoms with Crippen molar-refractivity contribution in [3.05, 3.63) is 81.9 Å². The summed E-state index contributed by atoms with van der Waals surface area (Å²) in [5.41, 5.74) is 0.368. The molecular weight excluding hydrogens is 366 g/mol. The summed E-state index contributed by atoms with van der Waals surface area (Å²) in [5.74, 6) is -5.96. The van der Waals surface area contributed by atoms with Crippen molar-refractivity contribution in [3.63, 3.8) is 0 Å². The molecule has 0 bridgehead atoms. The van der Waals surface area contributed by atoms with Crippen LogP contribution >= 0.6 is 0 Å². The fourth-order valence-electron chi connectivity index (χ4n) is 3.04. The van der Waals surface area contributed by atoms with Crippen LogP contribution in [0.2, 0.25) is 0 Å². The molecule has 0 fully saturated rings. The highest BCUT2D eigenvalue weighted by Gasteiger charge is 2.50. The zero-order chi connectivity index (χ0) is 20.7. The van der Waals surface area contributed by atoms with E-state index in [2.05, 4.69) is 9.47 Å². The minimum atomic E-state index is -1.90. The minimum absolute atomic E-state index is 0.0959. The number of nitro groups is 1. The van der Waals surface area contributed by atoms with Gasteiger partial charge in [0.25, 0.3) is 6.04 Å². The van der Waals surface area contributed by atoms with Crippen LogP contribution in [-0.2, 0) is 19.1 Å². The van der Waals surface area contributed by atoms with E-state index >= 15 is 0 Å². The van der Waals surface area contributed by atoms with Gasteiger partial charge in [0.2, 0.25) is 5.78 Å². The van der Waals surface area contributed by atoms with E-state index in [0.29, 0.717) is 0 Å². The second-order valence-corrected chi connectivity index (χ2v) is 5.92. The van der Waals surface area contributed by atoms with Crippen LogP contribution in [0.3, 0.4) is 0 Å². The van der Waals surface area contributed by atoms with E-state index in [1.807, 2.05) is 0 Å². The number of nitrogens with zero attached hydrogens (tertiary/aromatic N) is 1. The lowest BCUT2D eigenvalue weighted by Crippen LogP contribution is -2.45. The Labute approximate surface area is 161 Å². The predicted octanol–water partition coefficient (Wildman–Crippen LogP) is 2.26. The van der Waals surface area contributed by atoms with E-state index in [1.54, 1.807) is 36.4 Å². The number of carbonyl (C=O) groups excluding carboxylic acids is 3. The van der Waals surface area contributed by atoms with Crippen LogP contribution in [0.4, 0.5) is 0 Å². The lowest BCUT2D eigenvalue weighted by molar-refractivity contribution is -0.510. The highest BCUT2D eigenvalue weighted by molar-refractivity contribution is 6.02. The Morgan fingerprint density at radius 3 is 1.75 bits per heavy atom. The zero-order valence-electron chi connectivity index (χ0n) is 15.3. The summed E-state index contributed by atoms with van der Waals surface area (Å²) in [6, 6.07) is 13.7. The van der Waals surface area contributed by atoms with Crippen molar-refractivity contribution >= 4 is 17.7 Å². The molecule has 0 aliphatic rings. The lowest BCUT2D eigenvalue weighted by atomic mass is 9.78. The quantitative estimate of drug-likeness (QED) is 0.225. The molecule has 146 valence electrons. The van der Waals surface area contributed by atoms with Crippen molar-refractivity contribution in [2.24, 2.45) is 5.92 Å². The number of benzene rings is 2. The number of ketones is 1. The Kier molecular flexibility index (Phi) is 6.97. The van der Waals surface area contributed by atoms with Gasteiger partial charge in [-0.3, -0.25) is 24.5 Å². The molecule has 0 unspecified atom stereocenters. The maximum Gasteiger partial charge on any atom is 0.320 e. The molecule has 2 rings (SSSR count). The van der Waals surface area contributed by atoms with Gasteiger partial charge in [-0.25, -0.2) is 0 Å². The number of Topliss-reactive ketones (excluding diaryl/α,β-unsaturated/α-hetero) is 1. The van der Waals surface area contributed by atoms with Crippen LogP contribution in [0.15, 0.2) is 60.7 Å². The van der Waals surface area contributed by atoms with Crippen molar-refractivity contribution < 1.29 is 28.8 Å². The zero-order valence-corrected chi connectivity index (χ0v) is 15.3. The van der Waals surface area contributed by atoms with E-state index in [1.165, 1.54) is 24.3 Å². The summed E-state index contributed by atoms with van der Waals surface area (Å²) < 4.78 is 9.36. The number of methoxy groups -OCH3 is 2. The molecule has 0 N–H and O–H groups in total. The molecule has 0 spiro atoms. The van der Waals surface area contributed by atoms with Gasteiger partial charge in [0, 0.05) is 10.5 Å². The van der Waals surface area contributed by atoms with Crippen molar-refractivity contribution in [1.82, 2.24) is 0 Å². The molecule has 8 nitrogen and oxygen atoms in total. The summed E-state index contributed by atoms with van der Waals surface area (Å²) in [7, 11) is 2.11. The largest absolute Gasteiger partial charge is 0.468 e. The maximum atomic E-state index is 13.0. The lowest BCUT2D eigenvalue weighted by Gasteiger charge is -2.25. The van der Waals surface area contributed by atoms with Gasteiger partial charge in [-0.2, -0.15) is 0 Å². The van der Waals surface area contributed by atoms with Gasteiger partial charge in [0.1, 0.15) is 0 Å². The maximum absolute atomic E-state index is 13.0. The van der Waals surface area contributed by atoms with Gasteiger partial charge >= 0.3 is 11.9 Å². The first-order chi connectivity index (χ1) is 13.4. The van der Waals surface area contributed by atoms with Gasteiger partial charge in [-0.05, 0) is 5.56 Å². The van der Waals surface area contributed by atoms with Crippen LogP contribution < -0.4 is 0 Å². The molecule has 28 heavy (non-hydrogen) atoms. The van der Waals surface area contributed by atoms with E-state index < -0.39 is 40.5 Å². The van der Waals surface area contributed by atoms with Crippen molar-refractivity contribution in [3.8, 4) is 0 Å². The third-order valence-corrected chi connectivity index (χ3v) is 4.35. The van der Waals surface area contributed by atoms with Crippen molar-refractivity contribution in [2.75, 3.05) is 14.2 Å². The molecule has 0 aliphatic heterocycles. The summed E-state index contributed by atoms with van der Waals surface area (Å²) in [4.78, 5) is 48.8. The summed E-state index contributed by atoms with van der Waals surface area (Å²) in [5, 5.41) is 11.9. The molecule has 2 atom stereocenters. The van der Waals surface area contributed by atoms with Gasteiger partial charge in [-0.1, -0.05) is 60.7 Å². The average Bonchev–Trinajstić information content (AvgIpc) is 2.73. The third kappa shape index (κ3) is 4.40. The first-order valence-corrected chi connectivity index (χ1v) is 8.35. The van der Waals surface area contributed by atoms with Gasteiger partial charge in [-0.15, -0.1) is 0 Å². The van der Waals surface area contributed by atoms with E-state index in [0.717, 1.165) is 14.2 Å². The number of ether oxygens (including phenoxy) is 2. The SMILES string of the molecule is COC(=O)C(C(=O)OC)[C@H](c1ccccc1)[C@H](C(=O)c1ccccc1)[N+](=O)[O-]. The molecule has 0 amide bonds. The molecule has 0 aliphatic carbocycles. The topological polar surface area (TPSA) is 113 Å². The fraction of sp³-hybridized carbons (Fsp3) is 0.250. The summed E-state index contributed by atoms with van der Waals surface area (Å²) in [6.45, 7) is 0. The van der Waals surface area contributed by atoms with Crippen LogP contribution in [0.5, 0.6) is 0 Å². The monoisotopic (exact) mass is 385 g/mol. The van der Waals surface area contributed by atoms with Crippen molar-refractivity contribution in [1.29, 1.82) is 0 Å². The second kappa shape index (κ2) is 9.40. The van der Waals surface area contributed by atoms with Crippen LogP contribution in [0.1, 0.15) is 21.8 Å². The van der Waals surface area contributed by atoms with Gasteiger partial charge in [0.15, 0.2) is 5.92 Å². The molecule has 8 heteroatoms. The van der Waals surface area contributed by atoms with Gasteiger partial charge in [0.05, 0.1) is 20.1 Å². The minimum Gasteiger partial charge on any atom is -0.468 e. The van der Waals surface area contributed by atoms with Crippen LogP contribution in [-0.4, -0.2) is 42.9 Å². The molecule has 0 heterocycles. The number of hydrogen-bond acceptors (Lipinski definition) is 7. The Morgan fingerprint density at radius 2 is 1.32 bits per heavy atom. The Bertz CT molecular complexity index is 835. The highest BCUT2D eigenvalue weighted by atomic mass is 16.6. The number of rotatable bonds is 8. The molecular formula is C20H19NO7. The molecule has 0 radical (unpaired) electrons. The molecule has 0 saturated heterocycles. The summed E-state index contributed by atoms with van der Waals surface area (Å²) in [6.07, 6.45) is 0. The predicted molar refractivity (Wildman–Crippen MR) is 98.3 cm³/mol. The van der Waals surface area contributed by atoms with Crippen LogP contribution in [0, 0.1) is 16.0 Å². The average molecular weight is 385 g/mol. The first-order valence-electron chi connectivity index (χ1n) is 8.35. The number of esters is 2. The first kappa shape index (κ1) is 20.8. The Balaban J connectivity index is 2.67. The van der Waals surface area contributed by atoms with Crippen molar-refractivity contribution in [2.45, 2.75) is 12.0 Å². The van der Waals surface area contributed by atoms with E-state index in [-0.39, 0.29) is 11.1 Å². The third-order valence-electron chi connectivity index (χ3n) is 4.35. The van der Waals surface area contributed by atoms with Crippen LogP contribution in [0.25, 0.3) is 0 Å². The molecule has 0 aromatic heterocycles. The standard InChI is InChI=1S/C20H19NO7/c1-27-19(23)16(20(24)28-2)15(13-9-5-3-6-10-13)17(21(25)26)18(22)14-11-7-4-8-12-14/h3-12,15-17H,1-2H3/t15-,17+/m0/s1. The van der Waals surface area contributed by atoms with Gasteiger partial charge < -0.3 is 9.47 Å². The molecule has 2 aromatic rings. The summed E-state index contributed by atoms with van der Waals surface area (Å²) >= 11 is 0. The fourth-order valence-corrected chi connectivity index (χ4v) is 3.04. The van der Waals surface area contributed by atoms with E-state index in [9.17, 15) is 24.5 Å². The molecule has 0 saturated carbocycles.